The van der Waals surface area contributed by atoms with Crippen LogP contribution in [0.2, 0.25) is 0 Å². The van der Waals surface area contributed by atoms with E-state index >= 15 is 0 Å². The molecule has 0 spiro atoms. The molecule has 0 aromatic rings. The van der Waals surface area contributed by atoms with Crippen LogP contribution in [0.25, 0.3) is 0 Å². The predicted octanol–water partition coefficient (Wildman–Crippen LogP) is -0.241. The third kappa shape index (κ3) is 4.51. The summed E-state index contributed by atoms with van der Waals surface area (Å²) in [4.78, 5) is 25.7. The van der Waals surface area contributed by atoms with Gasteiger partial charge in [0.15, 0.2) is 0 Å². The Bertz CT molecular complexity index is 234. The molecule has 7 heteroatoms. The van der Waals surface area contributed by atoms with Crippen molar-refractivity contribution in [1.29, 1.82) is 0 Å². The number of hydroxylamine groups is 2. The van der Waals surface area contributed by atoms with E-state index in [1.165, 1.54) is 0 Å². The zero-order valence-electron chi connectivity index (χ0n) is 7.17. The van der Waals surface area contributed by atoms with Crippen LogP contribution in [0.3, 0.4) is 0 Å². The van der Waals surface area contributed by atoms with Gasteiger partial charge in [-0.05, 0) is 0 Å². The van der Waals surface area contributed by atoms with Crippen molar-refractivity contribution in [2.75, 3.05) is 0 Å². The number of amides is 2. The lowest BCUT2D eigenvalue weighted by Crippen LogP contribution is -2.31. The summed E-state index contributed by atoms with van der Waals surface area (Å²) in [5.41, 5.74) is 0. The average Bonchev–Trinajstić information content (AvgIpc) is 2.02. The zero-order chi connectivity index (χ0) is 10.3. The normalized spacial score (nSPS) is 10.6. The second kappa shape index (κ2) is 5.70. The van der Waals surface area contributed by atoms with Crippen LogP contribution in [0.4, 0.5) is 0 Å². The maximum Gasteiger partial charge on any atom is 0.262 e. The molecule has 0 aliphatic carbocycles. The number of carbonyl (C=O) groups excluding carboxylic acids is 2. The minimum Gasteiger partial charge on any atom is -0.411 e. The van der Waals surface area contributed by atoms with Gasteiger partial charge < -0.3 is 5.21 Å². The highest BCUT2D eigenvalue weighted by molar-refractivity contribution is 6.15. The number of imide groups is 1. The van der Waals surface area contributed by atoms with E-state index in [4.69, 9.17) is 5.21 Å². The third-order valence-electron chi connectivity index (χ3n) is 0.895. The summed E-state index contributed by atoms with van der Waals surface area (Å²) < 4.78 is 0. The quantitative estimate of drug-likeness (QED) is 0.375. The number of nitrogens with zero attached hydrogens (tertiary/aromatic N) is 3. The van der Waals surface area contributed by atoms with E-state index in [9.17, 15) is 9.59 Å². The highest BCUT2D eigenvalue weighted by Gasteiger charge is 2.14. The number of hydrogen-bond acceptors (Lipinski definition) is 6. The zero-order valence-corrected chi connectivity index (χ0v) is 7.17. The number of hydrogen-bond donors (Lipinski definition) is 1. The molecule has 0 atom stereocenters. The second-order valence-electron chi connectivity index (χ2n) is 1.93. The molecule has 0 aromatic heterocycles. The lowest BCUT2D eigenvalue weighted by Gasteiger charge is -2.10. The molecule has 0 bridgehead atoms. The molecular weight excluding hydrogens is 178 g/mol. The molecule has 0 aliphatic rings. The fraction of sp³-hybridized carbons (Fsp3) is 0.333. The number of carbonyl (C=O) groups is 2. The first-order valence-electron chi connectivity index (χ1n) is 3.27. The molecular formula is C6H9N3O4. The van der Waals surface area contributed by atoms with Gasteiger partial charge in [-0.25, -0.2) is 0 Å². The van der Waals surface area contributed by atoms with Crippen molar-refractivity contribution >= 4 is 24.2 Å². The molecule has 0 aliphatic heterocycles. The fourth-order valence-electron chi connectivity index (χ4n) is 0.468. The molecule has 0 unspecified atom stereocenters. The van der Waals surface area contributed by atoms with E-state index in [-0.39, 0.29) is 0 Å². The summed E-state index contributed by atoms with van der Waals surface area (Å²) in [6.45, 7) is 2.30. The lowest BCUT2D eigenvalue weighted by atomic mass is 10.6. The van der Waals surface area contributed by atoms with Crippen LogP contribution >= 0.6 is 0 Å². The van der Waals surface area contributed by atoms with Crippen molar-refractivity contribution in [3.05, 3.63) is 0 Å². The maximum absolute atomic E-state index is 10.7. The Balaban J connectivity index is 4.12. The summed E-state index contributed by atoms with van der Waals surface area (Å²) in [6.07, 6.45) is 1.89. The molecule has 0 radical (unpaired) electrons. The molecule has 0 saturated heterocycles. The van der Waals surface area contributed by atoms with Crippen molar-refractivity contribution in [3.8, 4) is 0 Å². The van der Waals surface area contributed by atoms with E-state index in [2.05, 4.69) is 15.2 Å². The van der Waals surface area contributed by atoms with Gasteiger partial charge in [0.1, 0.15) is 0 Å². The topological polar surface area (TPSA) is 91.6 Å². The van der Waals surface area contributed by atoms with Crippen molar-refractivity contribution in [3.63, 3.8) is 0 Å². The fourth-order valence-corrected chi connectivity index (χ4v) is 0.468. The van der Waals surface area contributed by atoms with E-state index < -0.39 is 11.8 Å². The first kappa shape index (κ1) is 11.1. The van der Waals surface area contributed by atoms with Gasteiger partial charge >= 0.3 is 0 Å². The van der Waals surface area contributed by atoms with Crippen molar-refractivity contribution in [2.24, 2.45) is 10.3 Å². The molecule has 0 fully saturated rings. The second-order valence-corrected chi connectivity index (χ2v) is 1.93. The van der Waals surface area contributed by atoms with Crippen molar-refractivity contribution < 1.29 is 19.7 Å². The van der Waals surface area contributed by atoms with Crippen LogP contribution in [-0.4, -0.2) is 34.5 Å². The first-order valence-corrected chi connectivity index (χ1v) is 3.27. The minimum absolute atomic E-state index is 0.460. The predicted molar refractivity (Wildman–Crippen MR) is 43.1 cm³/mol. The summed E-state index contributed by atoms with van der Waals surface area (Å²) in [5, 5.41) is 14.1. The van der Waals surface area contributed by atoms with Crippen LogP contribution in [0, 0.1) is 0 Å². The van der Waals surface area contributed by atoms with Crippen molar-refractivity contribution in [2.45, 2.75) is 13.8 Å². The summed E-state index contributed by atoms with van der Waals surface area (Å²) in [7, 11) is 0. The Morgan fingerprint density at radius 2 is 1.85 bits per heavy atom. The molecule has 0 heterocycles. The molecule has 0 saturated carbocycles. The number of rotatable bonds is 3. The SMILES string of the molecule is CC(=O)N(O/N=C/C=N/O)C(C)=O. The summed E-state index contributed by atoms with van der Waals surface area (Å²) >= 11 is 0. The monoisotopic (exact) mass is 187 g/mol. The van der Waals surface area contributed by atoms with E-state index in [1.807, 2.05) is 0 Å². The Morgan fingerprint density at radius 3 is 2.23 bits per heavy atom. The molecule has 0 aromatic carbocycles. The van der Waals surface area contributed by atoms with Gasteiger partial charge in [-0.15, -0.1) is 0 Å². The Labute approximate surface area is 74.2 Å². The standard InChI is InChI=1S/C6H9N3O4/c1-5(10)9(6(2)11)13-8-4-3-7-12/h3-4,12H,1-2H3/b7-3+,8-4+. The molecule has 7 nitrogen and oxygen atoms in total. The van der Waals surface area contributed by atoms with Gasteiger partial charge in [-0.3, -0.25) is 14.5 Å². The summed E-state index contributed by atoms with van der Waals surface area (Å²) in [6, 6.07) is 0. The Morgan fingerprint density at radius 1 is 1.31 bits per heavy atom. The average molecular weight is 187 g/mol. The molecule has 72 valence electrons. The van der Waals surface area contributed by atoms with Crippen LogP contribution < -0.4 is 0 Å². The van der Waals surface area contributed by atoms with Gasteiger partial charge in [0.2, 0.25) is 0 Å². The first-order chi connectivity index (χ1) is 6.09. The lowest BCUT2D eigenvalue weighted by molar-refractivity contribution is -0.191. The Hall–Kier alpha value is -1.92. The third-order valence-corrected chi connectivity index (χ3v) is 0.895. The maximum atomic E-state index is 10.7. The smallest absolute Gasteiger partial charge is 0.262 e. The van der Waals surface area contributed by atoms with E-state index in [0.717, 1.165) is 26.3 Å². The highest BCUT2D eigenvalue weighted by atomic mass is 16.8. The van der Waals surface area contributed by atoms with Crippen LogP contribution in [0.15, 0.2) is 10.3 Å². The summed E-state index contributed by atoms with van der Waals surface area (Å²) in [5.74, 6) is -1.18. The van der Waals surface area contributed by atoms with Crippen LogP contribution in [-0.2, 0) is 14.5 Å². The molecule has 13 heavy (non-hydrogen) atoms. The molecule has 0 rings (SSSR count). The van der Waals surface area contributed by atoms with Crippen molar-refractivity contribution in [1.82, 2.24) is 5.06 Å². The Kier molecular flexibility index (Phi) is 4.85. The molecule has 1 N–H and O–H groups in total. The highest BCUT2D eigenvalue weighted by Crippen LogP contribution is 1.92. The van der Waals surface area contributed by atoms with Gasteiger partial charge in [0.05, 0.1) is 12.4 Å². The minimum atomic E-state index is -0.592. The van der Waals surface area contributed by atoms with Crippen LogP contribution in [0.1, 0.15) is 13.8 Å². The molecule has 2 amide bonds. The van der Waals surface area contributed by atoms with Gasteiger partial charge in [-0.2, -0.15) is 0 Å². The van der Waals surface area contributed by atoms with Gasteiger partial charge in [-0.1, -0.05) is 15.4 Å². The van der Waals surface area contributed by atoms with E-state index in [0.29, 0.717) is 5.06 Å². The largest absolute Gasteiger partial charge is 0.411 e. The van der Waals surface area contributed by atoms with Gasteiger partial charge in [0, 0.05) is 13.8 Å². The van der Waals surface area contributed by atoms with Crippen LogP contribution in [0.5, 0.6) is 0 Å². The number of oxime groups is 2. The van der Waals surface area contributed by atoms with E-state index in [1.54, 1.807) is 0 Å². The van der Waals surface area contributed by atoms with Gasteiger partial charge in [0.25, 0.3) is 11.8 Å².